The molecule has 1 aliphatic carbocycles. The van der Waals surface area contributed by atoms with Gasteiger partial charge < -0.3 is 10.4 Å². The van der Waals surface area contributed by atoms with Crippen LogP contribution in [0.3, 0.4) is 0 Å². The summed E-state index contributed by atoms with van der Waals surface area (Å²) in [6, 6.07) is 13.8. The fourth-order valence-electron chi connectivity index (χ4n) is 2.26. The molecule has 2 aromatic rings. The first-order valence-corrected chi connectivity index (χ1v) is 6.55. The number of carbonyl (C=O) groups is 2. The molecule has 0 spiro atoms. The van der Waals surface area contributed by atoms with Gasteiger partial charge in [-0.3, -0.25) is 9.59 Å². The average molecular weight is 279 g/mol. The van der Waals surface area contributed by atoms with Crippen LogP contribution in [0, 0.1) is 0 Å². The number of Topliss-reactive ketones (excluding diaryl/α,β-unsaturated/α-hetero) is 1. The van der Waals surface area contributed by atoms with E-state index in [1.807, 2.05) is 0 Å². The zero-order valence-corrected chi connectivity index (χ0v) is 11.2. The van der Waals surface area contributed by atoms with Crippen molar-refractivity contribution in [3.63, 3.8) is 0 Å². The molecule has 0 saturated heterocycles. The third-order valence-corrected chi connectivity index (χ3v) is 3.37. The lowest BCUT2D eigenvalue weighted by Gasteiger charge is -2.16. The van der Waals surface area contributed by atoms with Gasteiger partial charge in [-0.25, -0.2) is 0 Å². The molecule has 0 radical (unpaired) electrons. The standard InChI is InChI=1S/C17H13NO3/c19-10-11-5-7-12(8-6-11)18-15-9-16(20)13-3-1-2-4-14(13)17(15)21/h1-9,18-19H,10H2. The topological polar surface area (TPSA) is 66.4 Å². The SMILES string of the molecule is O=C1C=C(Nc2ccc(CO)cc2)C(=O)c2ccccc21. The highest BCUT2D eigenvalue weighted by Gasteiger charge is 2.24. The number of nitrogens with one attached hydrogen (secondary N) is 1. The van der Waals surface area contributed by atoms with Crippen molar-refractivity contribution in [2.75, 3.05) is 5.32 Å². The highest BCUT2D eigenvalue weighted by Crippen LogP contribution is 2.22. The summed E-state index contributed by atoms with van der Waals surface area (Å²) in [4.78, 5) is 24.4. The lowest BCUT2D eigenvalue weighted by molar-refractivity contribution is 0.0985. The molecule has 0 aliphatic heterocycles. The van der Waals surface area contributed by atoms with Crippen molar-refractivity contribution in [2.45, 2.75) is 6.61 Å². The quantitative estimate of drug-likeness (QED) is 0.906. The van der Waals surface area contributed by atoms with Crippen molar-refractivity contribution in [1.82, 2.24) is 0 Å². The fraction of sp³-hybridized carbons (Fsp3) is 0.0588. The summed E-state index contributed by atoms with van der Waals surface area (Å²) < 4.78 is 0. The van der Waals surface area contributed by atoms with E-state index in [9.17, 15) is 9.59 Å². The van der Waals surface area contributed by atoms with Crippen LogP contribution in [0.4, 0.5) is 5.69 Å². The molecule has 1 aliphatic rings. The van der Waals surface area contributed by atoms with Gasteiger partial charge in [0.15, 0.2) is 5.78 Å². The zero-order chi connectivity index (χ0) is 14.8. The van der Waals surface area contributed by atoms with Gasteiger partial charge in [0.2, 0.25) is 5.78 Å². The van der Waals surface area contributed by atoms with Crippen molar-refractivity contribution in [1.29, 1.82) is 0 Å². The number of aliphatic hydroxyl groups is 1. The zero-order valence-electron chi connectivity index (χ0n) is 11.2. The number of allylic oxidation sites excluding steroid dienone is 2. The van der Waals surface area contributed by atoms with Gasteiger partial charge in [0, 0.05) is 22.9 Å². The Kier molecular flexibility index (Phi) is 3.38. The Balaban J connectivity index is 1.89. The number of anilines is 1. The maximum absolute atomic E-state index is 12.4. The molecule has 21 heavy (non-hydrogen) atoms. The van der Waals surface area contributed by atoms with Crippen LogP contribution in [-0.2, 0) is 6.61 Å². The Hall–Kier alpha value is -2.72. The molecule has 3 rings (SSSR count). The molecule has 0 heterocycles. The molecule has 0 saturated carbocycles. The number of ketones is 2. The Morgan fingerprint density at radius 3 is 2.24 bits per heavy atom. The van der Waals surface area contributed by atoms with Crippen LogP contribution >= 0.6 is 0 Å². The third-order valence-electron chi connectivity index (χ3n) is 3.37. The number of hydrogen-bond donors (Lipinski definition) is 2. The summed E-state index contributed by atoms with van der Waals surface area (Å²) in [5.41, 5.74) is 2.59. The summed E-state index contributed by atoms with van der Waals surface area (Å²) in [6.07, 6.45) is 1.32. The molecule has 4 nitrogen and oxygen atoms in total. The van der Waals surface area contributed by atoms with E-state index in [0.717, 1.165) is 5.56 Å². The molecule has 2 aromatic carbocycles. The van der Waals surface area contributed by atoms with Crippen molar-refractivity contribution in [3.8, 4) is 0 Å². The second-order valence-corrected chi connectivity index (χ2v) is 4.78. The Morgan fingerprint density at radius 1 is 0.905 bits per heavy atom. The van der Waals surface area contributed by atoms with Crippen molar-refractivity contribution in [2.24, 2.45) is 0 Å². The van der Waals surface area contributed by atoms with Crippen molar-refractivity contribution >= 4 is 17.3 Å². The van der Waals surface area contributed by atoms with Crippen LogP contribution in [0.5, 0.6) is 0 Å². The van der Waals surface area contributed by atoms with E-state index in [-0.39, 0.29) is 23.9 Å². The highest BCUT2D eigenvalue weighted by atomic mass is 16.3. The summed E-state index contributed by atoms with van der Waals surface area (Å²) in [6.45, 7) is -0.0340. The number of fused-ring (bicyclic) bond motifs is 1. The largest absolute Gasteiger partial charge is 0.392 e. The first kappa shape index (κ1) is 13.3. The van der Waals surface area contributed by atoms with Gasteiger partial charge in [-0.2, -0.15) is 0 Å². The summed E-state index contributed by atoms with van der Waals surface area (Å²) in [7, 11) is 0. The van der Waals surface area contributed by atoms with E-state index in [0.29, 0.717) is 16.8 Å². The number of hydrogen-bond acceptors (Lipinski definition) is 4. The van der Waals surface area contributed by atoms with Gasteiger partial charge in [-0.1, -0.05) is 36.4 Å². The van der Waals surface area contributed by atoms with Crippen LogP contribution in [0.1, 0.15) is 26.3 Å². The number of carbonyl (C=O) groups excluding carboxylic acids is 2. The molecule has 4 heteroatoms. The Bertz CT molecular complexity index is 745. The van der Waals surface area contributed by atoms with Crippen LogP contribution < -0.4 is 5.32 Å². The Labute approximate surface area is 121 Å². The highest BCUT2D eigenvalue weighted by molar-refractivity contribution is 6.25. The predicted molar refractivity (Wildman–Crippen MR) is 79.2 cm³/mol. The molecular formula is C17H13NO3. The van der Waals surface area contributed by atoms with Gasteiger partial charge in [-0.15, -0.1) is 0 Å². The first-order valence-electron chi connectivity index (χ1n) is 6.55. The predicted octanol–water partition coefficient (Wildman–Crippen LogP) is 2.55. The molecule has 0 unspecified atom stereocenters. The van der Waals surface area contributed by atoms with Crippen molar-refractivity contribution < 1.29 is 14.7 Å². The van der Waals surface area contributed by atoms with E-state index < -0.39 is 0 Å². The molecule has 0 aromatic heterocycles. The van der Waals surface area contributed by atoms with E-state index in [1.54, 1.807) is 48.5 Å². The second-order valence-electron chi connectivity index (χ2n) is 4.78. The Morgan fingerprint density at radius 2 is 1.57 bits per heavy atom. The molecule has 104 valence electrons. The first-order chi connectivity index (χ1) is 10.2. The minimum absolute atomic E-state index is 0.0340. The van der Waals surface area contributed by atoms with E-state index in [1.165, 1.54) is 6.08 Å². The average Bonchev–Trinajstić information content (AvgIpc) is 2.53. The normalized spacial score (nSPS) is 13.7. The van der Waals surface area contributed by atoms with Crippen LogP contribution in [0.2, 0.25) is 0 Å². The van der Waals surface area contributed by atoms with E-state index in [4.69, 9.17) is 5.11 Å². The van der Waals surface area contributed by atoms with Gasteiger partial charge >= 0.3 is 0 Å². The number of rotatable bonds is 3. The second kappa shape index (κ2) is 5.34. The van der Waals surface area contributed by atoms with Gasteiger partial charge in [-0.05, 0) is 17.7 Å². The summed E-state index contributed by atoms with van der Waals surface area (Å²) >= 11 is 0. The molecule has 0 amide bonds. The molecule has 0 atom stereocenters. The molecular weight excluding hydrogens is 266 g/mol. The summed E-state index contributed by atoms with van der Waals surface area (Å²) in [5.74, 6) is -0.379. The smallest absolute Gasteiger partial charge is 0.210 e. The maximum atomic E-state index is 12.4. The van der Waals surface area contributed by atoms with Crippen molar-refractivity contribution in [3.05, 3.63) is 77.0 Å². The number of benzene rings is 2. The fourth-order valence-corrected chi connectivity index (χ4v) is 2.26. The van der Waals surface area contributed by atoms with Gasteiger partial charge in [0.05, 0.1) is 12.3 Å². The van der Waals surface area contributed by atoms with Crippen LogP contribution in [0.15, 0.2) is 60.3 Å². The van der Waals surface area contributed by atoms with Crippen LogP contribution in [-0.4, -0.2) is 16.7 Å². The molecule has 0 fully saturated rings. The lowest BCUT2D eigenvalue weighted by atomic mass is 9.92. The minimum atomic E-state index is -0.198. The van der Waals surface area contributed by atoms with Gasteiger partial charge in [0.1, 0.15) is 0 Å². The van der Waals surface area contributed by atoms with E-state index >= 15 is 0 Å². The lowest BCUT2D eigenvalue weighted by Crippen LogP contribution is -2.21. The third kappa shape index (κ3) is 2.49. The summed E-state index contributed by atoms with van der Waals surface area (Å²) in [5, 5.41) is 12.0. The van der Waals surface area contributed by atoms with Gasteiger partial charge in [0.25, 0.3) is 0 Å². The van der Waals surface area contributed by atoms with E-state index in [2.05, 4.69) is 5.32 Å². The molecule has 0 bridgehead atoms. The maximum Gasteiger partial charge on any atom is 0.210 e. The minimum Gasteiger partial charge on any atom is -0.392 e. The number of aliphatic hydroxyl groups excluding tert-OH is 1. The van der Waals surface area contributed by atoms with Crippen LogP contribution in [0.25, 0.3) is 0 Å². The molecule has 2 N–H and O–H groups in total. The monoisotopic (exact) mass is 279 g/mol.